The highest BCUT2D eigenvalue weighted by Gasteiger charge is 2.29. The molecule has 1 aromatic carbocycles. The predicted molar refractivity (Wildman–Crippen MR) is 78.5 cm³/mol. The average Bonchev–Trinajstić information content (AvgIpc) is 2.90. The van der Waals surface area contributed by atoms with Crippen LogP contribution < -0.4 is 0 Å². The molecule has 1 saturated carbocycles. The zero-order chi connectivity index (χ0) is 13.9. The molecule has 1 aromatic heterocycles. The minimum atomic E-state index is -0.347. The summed E-state index contributed by atoms with van der Waals surface area (Å²) in [4.78, 5) is 4.46. The van der Waals surface area contributed by atoms with Gasteiger partial charge in [0, 0.05) is 10.9 Å². The first-order valence-electron chi connectivity index (χ1n) is 6.98. The maximum atomic E-state index is 10.0. The largest absolute Gasteiger partial charge is 0.392 e. The molecule has 1 heterocycles. The fraction of sp³-hybridized carbons (Fsp3) is 0.467. The SMILES string of the molecule is OC1CCCCC1c1nc(Cc2ccccc2Br)no1. The van der Waals surface area contributed by atoms with E-state index >= 15 is 0 Å². The highest BCUT2D eigenvalue weighted by molar-refractivity contribution is 9.10. The molecule has 5 heteroatoms. The second kappa shape index (κ2) is 6.06. The van der Waals surface area contributed by atoms with Crippen molar-refractivity contribution in [3.8, 4) is 0 Å². The van der Waals surface area contributed by atoms with Crippen molar-refractivity contribution in [2.45, 2.75) is 44.1 Å². The summed E-state index contributed by atoms with van der Waals surface area (Å²) in [5.41, 5.74) is 1.13. The molecule has 1 aliphatic carbocycles. The lowest BCUT2D eigenvalue weighted by Crippen LogP contribution is -2.22. The van der Waals surface area contributed by atoms with Crippen molar-refractivity contribution in [1.82, 2.24) is 10.1 Å². The van der Waals surface area contributed by atoms with Gasteiger partial charge in [-0.25, -0.2) is 0 Å². The number of aromatic nitrogens is 2. The van der Waals surface area contributed by atoms with Crippen LogP contribution in [0.1, 0.15) is 48.9 Å². The number of hydrogen-bond acceptors (Lipinski definition) is 4. The Morgan fingerprint density at radius 2 is 2.05 bits per heavy atom. The average molecular weight is 337 g/mol. The molecule has 3 rings (SSSR count). The fourth-order valence-electron chi connectivity index (χ4n) is 2.70. The van der Waals surface area contributed by atoms with Crippen LogP contribution in [-0.4, -0.2) is 21.4 Å². The molecule has 0 aliphatic heterocycles. The van der Waals surface area contributed by atoms with Crippen molar-refractivity contribution >= 4 is 15.9 Å². The number of benzene rings is 1. The number of aliphatic hydroxyl groups is 1. The molecule has 1 aliphatic rings. The van der Waals surface area contributed by atoms with Crippen molar-refractivity contribution in [2.75, 3.05) is 0 Å². The monoisotopic (exact) mass is 336 g/mol. The molecule has 0 radical (unpaired) electrons. The topological polar surface area (TPSA) is 59.2 Å². The normalized spacial score (nSPS) is 22.9. The Labute approximate surface area is 126 Å². The van der Waals surface area contributed by atoms with E-state index in [2.05, 4.69) is 26.1 Å². The Kier molecular flexibility index (Phi) is 4.17. The van der Waals surface area contributed by atoms with E-state index in [1.165, 1.54) is 0 Å². The van der Waals surface area contributed by atoms with Gasteiger partial charge in [-0.2, -0.15) is 4.98 Å². The minimum absolute atomic E-state index is 0.00390. The predicted octanol–water partition coefficient (Wildman–Crippen LogP) is 3.44. The van der Waals surface area contributed by atoms with Gasteiger partial charge in [-0.15, -0.1) is 0 Å². The van der Waals surface area contributed by atoms with E-state index in [0.29, 0.717) is 18.1 Å². The second-order valence-electron chi connectivity index (χ2n) is 5.28. The van der Waals surface area contributed by atoms with E-state index in [1.54, 1.807) is 0 Å². The number of halogens is 1. The van der Waals surface area contributed by atoms with Gasteiger partial charge in [0.25, 0.3) is 0 Å². The summed E-state index contributed by atoms with van der Waals surface area (Å²) >= 11 is 3.52. The third-order valence-electron chi connectivity index (χ3n) is 3.84. The zero-order valence-corrected chi connectivity index (χ0v) is 12.7. The van der Waals surface area contributed by atoms with Crippen molar-refractivity contribution in [3.63, 3.8) is 0 Å². The first-order chi connectivity index (χ1) is 9.74. The van der Waals surface area contributed by atoms with Gasteiger partial charge in [-0.1, -0.05) is 52.1 Å². The van der Waals surface area contributed by atoms with Crippen molar-refractivity contribution in [3.05, 3.63) is 46.0 Å². The molecule has 0 spiro atoms. The first kappa shape index (κ1) is 13.8. The van der Waals surface area contributed by atoms with Crippen molar-refractivity contribution < 1.29 is 9.63 Å². The molecule has 0 saturated heterocycles. The highest BCUT2D eigenvalue weighted by Crippen LogP contribution is 2.32. The molecular weight excluding hydrogens is 320 g/mol. The lowest BCUT2D eigenvalue weighted by Gasteiger charge is -2.24. The molecule has 106 valence electrons. The van der Waals surface area contributed by atoms with Crippen molar-refractivity contribution in [2.24, 2.45) is 0 Å². The summed E-state index contributed by atoms with van der Waals surface area (Å²) in [6.07, 6.45) is 4.23. The van der Waals surface area contributed by atoms with Crippen LogP contribution in [0.4, 0.5) is 0 Å². The van der Waals surface area contributed by atoms with Crippen LogP contribution in [0, 0.1) is 0 Å². The lowest BCUT2D eigenvalue weighted by molar-refractivity contribution is 0.0908. The molecule has 2 aromatic rings. The standard InChI is InChI=1S/C15H17BrN2O2/c16-12-7-3-1-5-10(12)9-14-17-15(20-18-14)11-6-2-4-8-13(11)19/h1,3,5,7,11,13,19H,2,4,6,8-9H2. The molecule has 1 N–H and O–H groups in total. The Morgan fingerprint density at radius 1 is 1.25 bits per heavy atom. The van der Waals surface area contributed by atoms with E-state index in [0.717, 1.165) is 35.7 Å². The van der Waals surface area contributed by atoms with Crippen LogP contribution in [0.2, 0.25) is 0 Å². The van der Waals surface area contributed by atoms with Crippen LogP contribution in [0.15, 0.2) is 33.3 Å². The summed E-state index contributed by atoms with van der Waals surface area (Å²) in [5.74, 6) is 1.26. The van der Waals surface area contributed by atoms with E-state index in [1.807, 2.05) is 24.3 Å². The maximum Gasteiger partial charge on any atom is 0.232 e. The Balaban J connectivity index is 1.75. The molecule has 2 atom stereocenters. The molecule has 1 fully saturated rings. The molecule has 0 amide bonds. The fourth-order valence-corrected chi connectivity index (χ4v) is 3.13. The van der Waals surface area contributed by atoms with Gasteiger partial charge in [0.2, 0.25) is 5.89 Å². The number of hydrogen-bond donors (Lipinski definition) is 1. The van der Waals surface area contributed by atoms with E-state index in [-0.39, 0.29) is 12.0 Å². The Bertz CT molecular complexity index is 585. The number of aliphatic hydroxyl groups excluding tert-OH is 1. The van der Waals surface area contributed by atoms with Gasteiger partial charge in [0.1, 0.15) is 0 Å². The summed E-state index contributed by atoms with van der Waals surface area (Å²) in [7, 11) is 0. The molecule has 0 bridgehead atoms. The summed E-state index contributed by atoms with van der Waals surface area (Å²) in [6.45, 7) is 0. The highest BCUT2D eigenvalue weighted by atomic mass is 79.9. The van der Waals surface area contributed by atoms with Crippen LogP contribution >= 0.6 is 15.9 Å². The number of rotatable bonds is 3. The molecule has 20 heavy (non-hydrogen) atoms. The van der Waals surface area contributed by atoms with Crippen molar-refractivity contribution in [1.29, 1.82) is 0 Å². The molecule has 2 unspecified atom stereocenters. The lowest BCUT2D eigenvalue weighted by atomic mass is 9.86. The van der Waals surface area contributed by atoms with E-state index in [9.17, 15) is 5.11 Å². The molecular formula is C15H17BrN2O2. The van der Waals surface area contributed by atoms with Crippen LogP contribution in [-0.2, 0) is 6.42 Å². The summed E-state index contributed by atoms with van der Waals surface area (Å²) in [6, 6.07) is 8.01. The van der Waals surface area contributed by atoms with Gasteiger partial charge < -0.3 is 9.63 Å². The first-order valence-corrected chi connectivity index (χ1v) is 7.77. The second-order valence-corrected chi connectivity index (χ2v) is 6.13. The van der Waals surface area contributed by atoms with Gasteiger partial charge in [-0.05, 0) is 24.5 Å². The van der Waals surface area contributed by atoms with Crippen LogP contribution in [0.25, 0.3) is 0 Å². The smallest absolute Gasteiger partial charge is 0.232 e. The molecule has 4 nitrogen and oxygen atoms in total. The summed E-state index contributed by atoms with van der Waals surface area (Å²) < 4.78 is 6.40. The summed E-state index contributed by atoms with van der Waals surface area (Å²) in [5, 5.41) is 14.1. The third kappa shape index (κ3) is 2.94. The Morgan fingerprint density at radius 3 is 2.85 bits per heavy atom. The maximum absolute atomic E-state index is 10.0. The van der Waals surface area contributed by atoms with Gasteiger partial charge in [-0.3, -0.25) is 0 Å². The van der Waals surface area contributed by atoms with E-state index < -0.39 is 0 Å². The van der Waals surface area contributed by atoms with Gasteiger partial charge >= 0.3 is 0 Å². The van der Waals surface area contributed by atoms with E-state index in [4.69, 9.17) is 4.52 Å². The zero-order valence-electron chi connectivity index (χ0n) is 11.1. The Hall–Kier alpha value is -1.20. The third-order valence-corrected chi connectivity index (χ3v) is 4.61. The van der Waals surface area contributed by atoms with Crippen LogP contribution in [0.5, 0.6) is 0 Å². The number of nitrogens with zero attached hydrogens (tertiary/aromatic N) is 2. The minimum Gasteiger partial charge on any atom is -0.392 e. The van der Waals surface area contributed by atoms with Gasteiger partial charge in [0.05, 0.1) is 12.0 Å². The van der Waals surface area contributed by atoms with Gasteiger partial charge in [0.15, 0.2) is 5.82 Å². The van der Waals surface area contributed by atoms with Crippen LogP contribution in [0.3, 0.4) is 0 Å². The quantitative estimate of drug-likeness (QED) is 0.932.